The standard InChI is InChI=1S/C23H38N6/c1-16(2)20-15-25-29-21(18-9-7-5-4-6-8-17(3)14-18)26-23(27-22(20)29)28-12-10-19(24)11-13-28/h15-19H,4-14,24H2,1-3H3. The molecule has 0 amide bonds. The van der Waals surface area contributed by atoms with Crippen molar-refractivity contribution in [1.29, 1.82) is 0 Å². The Kier molecular flexibility index (Phi) is 6.38. The van der Waals surface area contributed by atoms with Gasteiger partial charge in [0, 0.05) is 30.6 Å². The molecule has 0 bridgehead atoms. The van der Waals surface area contributed by atoms with E-state index in [2.05, 4.69) is 30.2 Å². The SMILES string of the molecule is CC1CCCCCCC(c2nc(N3CCC(N)CC3)nc3c(C(C)C)cnn23)C1. The van der Waals surface area contributed by atoms with Gasteiger partial charge >= 0.3 is 0 Å². The maximum atomic E-state index is 6.14. The van der Waals surface area contributed by atoms with Crippen LogP contribution in [0.15, 0.2) is 6.20 Å². The molecule has 2 unspecified atom stereocenters. The fraction of sp³-hybridized carbons (Fsp3) is 0.783. The van der Waals surface area contributed by atoms with Crippen LogP contribution in [0.5, 0.6) is 0 Å². The summed E-state index contributed by atoms with van der Waals surface area (Å²) >= 11 is 0. The molecule has 160 valence electrons. The van der Waals surface area contributed by atoms with E-state index in [9.17, 15) is 0 Å². The number of rotatable bonds is 3. The van der Waals surface area contributed by atoms with E-state index in [4.69, 9.17) is 20.8 Å². The van der Waals surface area contributed by atoms with E-state index in [1.165, 1.54) is 50.5 Å². The van der Waals surface area contributed by atoms with Gasteiger partial charge in [-0.05, 0) is 37.5 Å². The average Bonchev–Trinajstić information content (AvgIpc) is 3.16. The monoisotopic (exact) mass is 398 g/mol. The van der Waals surface area contributed by atoms with Gasteiger partial charge in [0.1, 0.15) is 5.82 Å². The fourth-order valence-electron chi connectivity index (χ4n) is 5.01. The van der Waals surface area contributed by atoms with Gasteiger partial charge in [-0.1, -0.05) is 52.9 Å². The minimum atomic E-state index is 0.311. The van der Waals surface area contributed by atoms with Crippen LogP contribution in [0.1, 0.15) is 102 Å². The zero-order valence-corrected chi connectivity index (χ0v) is 18.5. The van der Waals surface area contributed by atoms with Crippen molar-refractivity contribution in [3.05, 3.63) is 17.6 Å². The van der Waals surface area contributed by atoms with Gasteiger partial charge in [0.15, 0.2) is 5.65 Å². The first-order valence-corrected chi connectivity index (χ1v) is 11.8. The smallest absolute Gasteiger partial charge is 0.229 e. The molecule has 2 aliphatic rings. The van der Waals surface area contributed by atoms with Crippen molar-refractivity contribution in [3.8, 4) is 0 Å². The van der Waals surface area contributed by atoms with E-state index in [1.807, 2.05) is 6.20 Å². The Bertz CT molecular complexity index is 805. The van der Waals surface area contributed by atoms with Crippen molar-refractivity contribution in [3.63, 3.8) is 0 Å². The first-order valence-electron chi connectivity index (χ1n) is 11.8. The molecule has 3 heterocycles. The molecule has 4 rings (SSSR count). The lowest BCUT2D eigenvalue weighted by Gasteiger charge is -2.31. The van der Waals surface area contributed by atoms with Crippen LogP contribution in [-0.4, -0.2) is 38.7 Å². The second kappa shape index (κ2) is 8.99. The highest BCUT2D eigenvalue weighted by molar-refractivity contribution is 5.52. The molecule has 2 aromatic rings. The lowest BCUT2D eigenvalue weighted by molar-refractivity contribution is 0.411. The molecule has 0 spiro atoms. The first-order chi connectivity index (χ1) is 14.0. The van der Waals surface area contributed by atoms with Gasteiger partial charge < -0.3 is 10.6 Å². The lowest BCUT2D eigenvalue weighted by atomic mass is 9.90. The number of anilines is 1. The molecule has 0 radical (unpaired) electrons. The lowest BCUT2D eigenvalue weighted by Crippen LogP contribution is -2.40. The second-order valence-corrected chi connectivity index (χ2v) is 9.73. The van der Waals surface area contributed by atoms with E-state index in [1.54, 1.807) is 0 Å². The summed E-state index contributed by atoms with van der Waals surface area (Å²) in [6.45, 7) is 8.75. The van der Waals surface area contributed by atoms with Crippen molar-refractivity contribution in [1.82, 2.24) is 19.6 Å². The van der Waals surface area contributed by atoms with E-state index in [-0.39, 0.29) is 0 Å². The number of nitrogens with zero attached hydrogens (tertiary/aromatic N) is 5. The van der Waals surface area contributed by atoms with Gasteiger partial charge in [-0.2, -0.15) is 15.1 Å². The highest BCUT2D eigenvalue weighted by Gasteiger charge is 2.26. The van der Waals surface area contributed by atoms with Crippen molar-refractivity contribution in [2.24, 2.45) is 11.7 Å². The molecule has 2 fully saturated rings. The Balaban J connectivity index is 1.76. The van der Waals surface area contributed by atoms with Crippen molar-refractivity contribution in [2.45, 2.75) is 96.4 Å². The minimum absolute atomic E-state index is 0.311. The molecule has 6 heteroatoms. The number of hydrogen-bond acceptors (Lipinski definition) is 5. The van der Waals surface area contributed by atoms with Crippen molar-refractivity contribution in [2.75, 3.05) is 18.0 Å². The van der Waals surface area contributed by atoms with Crippen LogP contribution >= 0.6 is 0 Å². The molecule has 2 atom stereocenters. The summed E-state index contributed by atoms with van der Waals surface area (Å²) in [4.78, 5) is 12.5. The normalized spacial score (nSPS) is 25.2. The predicted molar refractivity (Wildman–Crippen MR) is 119 cm³/mol. The molecule has 29 heavy (non-hydrogen) atoms. The molecule has 1 saturated carbocycles. The molecule has 1 aliphatic heterocycles. The van der Waals surface area contributed by atoms with Crippen LogP contribution in [0.2, 0.25) is 0 Å². The number of fused-ring (bicyclic) bond motifs is 1. The zero-order chi connectivity index (χ0) is 20.4. The molecule has 6 nitrogen and oxygen atoms in total. The summed E-state index contributed by atoms with van der Waals surface area (Å²) in [5, 5.41) is 4.77. The number of aromatic nitrogens is 4. The van der Waals surface area contributed by atoms with Gasteiger partial charge in [-0.25, -0.2) is 4.52 Å². The Morgan fingerprint density at radius 1 is 1.00 bits per heavy atom. The maximum Gasteiger partial charge on any atom is 0.229 e. The third-order valence-corrected chi connectivity index (χ3v) is 6.90. The summed E-state index contributed by atoms with van der Waals surface area (Å²) < 4.78 is 2.06. The number of piperidine rings is 1. The van der Waals surface area contributed by atoms with Crippen molar-refractivity contribution >= 4 is 11.6 Å². The maximum absolute atomic E-state index is 6.14. The Morgan fingerprint density at radius 2 is 1.72 bits per heavy atom. The third-order valence-electron chi connectivity index (χ3n) is 6.90. The largest absolute Gasteiger partial charge is 0.341 e. The highest BCUT2D eigenvalue weighted by Crippen LogP contribution is 2.34. The minimum Gasteiger partial charge on any atom is -0.341 e. The second-order valence-electron chi connectivity index (χ2n) is 9.73. The van der Waals surface area contributed by atoms with Gasteiger partial charge in [0.25, 0.3) is 0 Å². The van der Waals surface area contributed by atoms with Gasteiger partial charge in [0.2, 0.25) is 5.95 Å². The average molecular weight is 399 g/mol. The van der Waals surface area contributed by atoms with E-state index >= 15 is 0 Å². The highest BCUT2D eigenvalue weighted by atomic mass is 15.4. The fourth-order valence-corrected chi connectivity index (χ4v) is 5.01. The van der Waals surface area contributed by atoms with E-state index < -0.39 is 0 Å². The van der Waals surface area contributed by atoms with Crippen LogP contribution in [-0.2, 0) is 0 Å². The molecular formula is C23H38N6. The summed E-state index contributed by atoms with van der Waals surface area (Å²) in [7, 11) is 0. The molecule has 2 aromatic heterocycles. The summed E-state index contributed by atoms with van der Waals surface area (Å²) in [5.41, 5.74) is 8.36. The number of hydrogen-bond donors (Lipinski definition) is 1. The van der Waals surface area contributed by atoms with Crippen LogP contribution in [0.4, 0.5) is 5.95 Å². The summed E-state index contributed by atoms with van der Waals surface area (Å²) in [6.07, 6.45) is 13.1. The molecule has 1 aliphatic carbocycles. The van der Waals surface area contributed by atoms with Gasteiger partial charge in [-0.15, -0.1) is 0 Å². The van der Waals surface area contributed by atoms with E-state index in [0.717, 1.165) is 49.3 Å². The van der Waals surface area contributed by atoms with Crippen LogP contribution in [0, 0.1) is 5.92 Å². The first kappa shape index (κ1) is 20.6. The molecule has 2 N–H and O–H groups in total. The molecule has 1 saturated heterocycles. The summed E-state index contributed by atoms with van der Waals surface area (Å²) in [6, 6.07) is 0.311. The van der Waals surface area contributed by atoms with Crippen molar-refractivity contribution < 1.29 is 0 Å². The Morgan fingerprint density at radius 3 is 2.45 bits per heavy atom. The zero-order valence-electron chi connectivity index (χ0n) is 18.5. The van der Waals surface area contributed by atoms with Crippen LogP contribution in [0.25, 0.3) is 5.65 Å². The van der Waals surface area contributed by atoms with Gasteiger partial charge in [0.05, 0.1) is 6.20 Å². The number of nitrogens with two attached hydrogens (primary N) is 1. The van der Waals surface area contributed by atoms with E-state index in [0.29, 0.717) is 17.9 Å². The van der Waals surface area contributed by atoms with Crippen LogP contribution < -0.4 is 10.6 Å². The summed E-state index contributed by atoms with van der Waals surface area (Å²) in [5.74, 6) is 3.60. The van der Waals surface area contributed by atoms with Crippen LogP contribution in [0.3, 0.4) is 0 Å². The molecular weight excluding hydrogens is 360 g/mol. The predicted octanol–water partition coefficient (Wildman–Crippen LogP) is 4.64. The quantitative estimate of drug-likeness (QED) is 0.815. The van der Waals surface area contributed by atoms with Gasteiger partial charge in [-0.3, -0.25) is 0 Å². The Hall–Kier alpha value is -1.69. The topological polar surface area (TPSA) is 72.3 Å². The third kappa shape index (κ3) is 4.57. The molecule has 0 aromatic carbocycles. The Labute approximate surface area is 175 Å².